The van der Waals surface area contributed by atoms with Crippen LogP contribution in [-0.2, 0) is 9.59 Å². The van der Waals surface area contributed by atoms with Crippen molar-refractivity contribution in [2.24, 2.45) is 23.7 Å². The van der Waals surface area contributed by atoms with E-state index >= 15 is 0 Å². The molecule has 1 aromatic rings. The first-order valence-electron chi connectivity index (χ1n) is 12.6. The van der Waals surface area contributed by atoms with Crippen molar-refractivity contribution in [1.29, 1.82) is 0 Å². The Bertz CT molecular complexity index is 680. The van der Waals surface area contributed by atoms with Crippen LogP contribution < -0.4 is 9.47 Å². The molecule has 0 spiro atoms. The summed E-state index contributed by atoms with van der Waals surface area (Å²) in [5.41, 5.74) is 0. The Hall–Kier alpha value is -1.84. The molecule has 2 aliphatic rings. The quantitative estimate of drug-likeness (QED) is 0.239. The molecule has 2 saturated carbocycles. The van der Waals surface area contributed by atoms with Crippen molar-refractivity contribution in [2.75, 3.05) is 0 Å². The summed E-state index contributed by atoms with van der Waals surface area (Å²) in [6.07, 6.45) is 14.5. The number of ether oxygens (including phenoxy) is 2. The molecule has 0 heterocycles. The van der Waals surface area contributed by atoms with Gasteiger partial charge in [-0.25, -0.2) is 0 Å². The van der Waals surface area contributed by atoms with Gasteiger partial charge in [0.05, 0.1) is 5.92 Å². The number of carbonyl (C=O) groups excluding carboxylic acids is 2. The molecule has 0 radical (unpaired) electrons. The molecule has 0 unspecified atom stereocenters. The number of benzene rings is 1. The third-order valence-electron chi connectivity index (χ3n) is 7.50. The van der Waals surface area contributed by atoms with Gasteiger partial charge in [-0.1, -0.05) is 46.0 Å². The number of hydrogen-bond donors (Lipinski definition) is 0. The highest BCUT2D eigenvalue weighted by Crippen LogP contribution is 2.42. The molecule has 0 N–H and O–H groups in total. The van der Waals surface area contributed by atoms with E-state index in [0.717, 1.165) is 62.7 Å². The zero-order valence-corrected chi connectivity index (χ0v) is 19.4. The van der Waals surface area contributed by atoms with E-state index in [0.29, 0.717) is 17.9 Å². The number of carbonyl (C=O) groups is 2. The van der Waals surface area contributed by atoms with Crippen molar-refractivity contribution in [3.63, 3.8) is 0 Å². The highest BCUT2D eigenvalue weighted by atomic mass is 16.5. The van der Waals surface area contributed by atoms with Gasteiger partial charge in [0.25, 0.3) is 0 Å². The minimum atomic E-state index is -0.210. The Morgan fingerprint density at radius 1 is 0.774 bits per heavy atom. The minimum absolute atomic E-state index is 0.0132. The summed E-state index contributed by atoms with van der Waals surface area (Å²) in [6.45, 7) is 4.42. The summed E-state index contributed by atoms with van der Waals surface area (Å²) in [5, 5.41) is 0. The van der Waals surface area contributed by atoms with Crippen LogP contribution in [0, 0.1) is 23.7 Å². The molecule has 0 amide bonds. The van der Waals surface area contributed by atoms with Gasteiger partial charge in [-0.05, 0) is 87.0 Å². The number of rotatable bonds is 9. The van der Waals surface area contributed by atoms with Gasteiger partial charge in [-0.2, -0.15) is 0 Å². The average Bonchev–Trinajstić information content (AvgIpc) is 2.81. The van der Waals surface area contributed by atoms with Crippen molar-refractivity contribution >= 4 is 11.9 Å². The van der Waals surface area contributed by atoms with E-state index in [1.165, 1.54) is 32.1 Å². The van der Waals surface area contributed by atoms with Gasteiger partial charge in [0.1, 0.15) is 11.5 Å². The molecule has 31 heavy (non-hydrogen) atoms. The van der Waals surface area contributed by atoms with Gasteiger partial charge in [-0.3, -0.25) is 9.59 Å². The standard InChI is InChI=1S/C27H40O4/c1-3-5-6-7-26(28)30-24-16-18-25(19-17-24)31-27(29)23-14-12-22(13-15-23)21-10-8-20(4-2)9-11-21/h16-23H,3-15H2,1-2H3. The monoisotopic (exact) mass is 428 g/mol. The molecule has 4 nitrogen and oxygen atoms in total. The molecular weight excluding hydrogens is 388 g/mol. The van der Waals surface area contributed by atoms with E-state index in [-0.39, 0.29) is 17.9 Å². The zero-order valence-electron chi connectivity index (χ0n) is 19.4. The summed E-state index contributed by atoms with van der Waals surface area (Å²) in [7, 11) is 0. The van der Waals surface area contributed by atoms with Crippen molar-refractivity contribution in [3.8, 4) is 11.5 Å². The number of esters is 2. The van der Waals surface area contributed by atoms with Gasteiger partial charge < -0.3 is 9.47 Å². The fourth-order valence-corrected chi connectivity index (χ4v) is 5.37. The van der Waals surface area contributed by atoms with Crippen LogP contribution in [0.5, 0.6) is 11.5 Å². The van der Waals surface area contributed by atoms with E-state index in [1.807, 2.05) is 0 Å². The molecule has 172 valence electrons. The summed E-state index contributed by atoms with van der Waals surface area (Å²) < 4.78 is 11.0. The maximum Gasteiger partial charge on any atom is 0.314 e. The largest absolute Gasteiger partial charge is 0.427 e. The smallest absolute Gasteiger partial charge is 0.314 e. The van der Waals surface area contributed by atoms with Crippen LogP contribution in [0.15, 0.2) is 24.3 Å². The first-order valence-corrected chi connectivity index (χ1v) is 12.6. The van der Waals surface area contributed by atoms with Gasteiger partial charge >= 0.3 is 11.9 Å². The third-order valence-corrected chi connectivity index (χ3v) is 7.50. The first kappa shape index (κ1) is 23.8. The first-order chi connectivity index (χ1) is 15.1. The average molecular weight is 429 g/mol. The third kappa shape index (κ3) is 7.36. The molecule has 3 rings (SSSR count). The molecule has 4 heteroatoms. The van der Waals surface area contributed by atoms with Crippen LogP contribution in [0.2, 0.25) is 0 Å². The van der Waals surface area contributed by atoms with Crippen molar-refractivity contribution in [2.45, 2.75) is 97.3 Å². The predicted octanol–water partition coefficient (Wildman–Crippen LogP) is 7.10. The minimum Gasteiger partial charge on any atom is -0.427 e. The molecule has 1 aromatic carbocycles. The van der Waals surface area contributed by atoms with Gasteiger partial charge in [0, 0.05) is 6.42 Å². The summed E-state index contributed by atoms with van der Waals surface area (Å²) >= 11 is 0. The summed E-state index contributed by atoms with van der Waals surface area (Å²) in [4.78, 5) is 24.5. The number of hydrogen-bond acceptors (Lipinski definition) is 4. The lowest BCUT2D eigenvalue weighted by atomic mass is 9.69. The molecule has 2 fully saturated rings. The lowest BCUT2D eigenvalue weighted by Gasteiger charge is -2.37. The zero-order chi connectivity index (χ0) is 22.1. The van der Waals surface area contributed by atoms with Crippen LogP contribution in [0.3, 0.4) is 0 Å². The van der Waals surface area contributed by atoms with Gasteiger partial charge in [-0.15, -0.1) is 0 Å². The Morgan fingerprint density at radius 2 is 1.32 bits per heavy atom. The van der Waals surface area contributed by atoms with E-state index in [2.05, 4.69) is 13.8 Å². The van der Waals surface area contributed by atoms with Crippen LogP contribution >= 0.6 is 0 Å². The maximum atomic E-state index is 12.6. The second-order valence-electron chi connectivity index (χ2n) is 9.62. The normalized spacial score (nSPS) is 26.3. The number of unbranched alkanes of at least 4 members (excludes halogenated alkanes) is 2. The SMILES string of the molecule is CCCCCC(=O)Oc1ccc(OC(=O)C2CCC(C3CCC(CC)CC3)CC2)cc1. The van der Waals surface area contributed by atoms with Crippen molar-refractivity contribution in [1.82, 2.24) is 0 Å². The van der Waals surface area contributed by atoms with Gasteiger partial charge in [0.2, 0.25) is 0 Å². The lowest BCUT2D eigenvalue weighted by Crippen LogP contribution is -2.30. The fourth-order valence-electron chi connectivity index (χ4n) is 5.37. The summed E-state index contributed by atoms with van der Waals surface area (Å²) in [6, 6.07) is 6.82. The topological polar surface area (TPSA) is 52.6 Å². The van der Waals surface area contributed by atoms with Crippen molar-refractivity contribution < 1.29 is 19.1 Å². The van der Waals surface area contributed by atoms with Crippen LogP contribution in [0.1, 0.15) is 97.3 Å². The predicted molar refractivity (Wildman–Crippen MR) is 123 cm³/mol. The molecule has 0 atom stereocenters. The second-order valence-corrected chi connectivity index (χ2v) is 9.62. The Morgan fingerprint density at radius 3 is 1.87 bits per heavy atom. The van der Waals surface area contributed by atoms with Gasteiger partial charge in [0.15, 0.2) is 0 Å². The van der Waals surface area contributed by atoms with E-state index < -0.39 is 0 Å². The summed E-state index contributed by atoms with van der Waals surface area (Å²) in [5.74, 6) is 3.33. The Kier molecular flexibility index (Phi) is 9.42. The lowest BCUT2D eigenvalue weighted by molar-refractivity contribution is -0.140. The molecular formula is C27H40O4. The molecule has 0 aromatic heterocycles. The van der Waals surface area contributed by atoms with Crippen LogP contribution in [0.4, 0.5) is 0 Å². The maximum absolute atomic E-state index is 12.6. The van der Waals surface area contributed by atoms with E-state index in [4.69, 9.17) is 9.47 Å². The molecule has 2 aliphatic carbocycles. The second kappa shape index (κ2) is 12.3. The van der Waals surface area contributed by atoms with Crippen molar-refractivity contribution in [3.05, 3.63) is 24.3 Å². The van der Waals surface area contributed by atoms with Crippen LogP contribution in [0.25, 0.3) is 0 Å². The molecule has 0 saturated heterocycles. The van der Waals surface area contributed by atoms with Crippen LogP contribution in [-0.4, -0.2) is 11.9 Å². The Labute approximate surface area is 188 Å². The van der Waals surface area contributed by atoms with E-state index in [1.54, 1.807) is 24.3 Å². The van der Waals surface area contributed by atoms with E-state index in [9.17, 15) is 9.59 Å². The molecule has 0 bridgehead atoms. The highest BCUT2D eigenvalue weighted by Gasteiger charge is 2.33. The Balaban J connectivity index is 1.39. The highest BCUT2D eigenvalue weighted by molar-refractivity contribution is 5.75. The fraction of sp³-hybridized carbons (Fsp3) is 0.704. The molecule has 0 aliphatic heterocycles.